The first kappa shape index (κ1) is 14.2. The van der Waals surface area contributed by atoms with Gasteiger partial charge in [-0.15, -0.1) is 0 Å². The van der Waals surface area contributed by atoms with Gasteiger partial charge in [0.25, 0.3) is 0 Å². The lowest BCUT2D eigenvalue weighted by molar-refractivity contribution is 0.295. The highest BCUT2D eigenvalue weighted by Gasteiger charge is 1.99. The predicted molar refractivity (Wildman–Crippen MR) is 80.9 cm³/mol. The minimum absolute atomic E-state index is 0.275. The molecule has 0 saturated heterocycles. The van der Waals surface area contributed by atoms with E-state index in [1.807, 2.05) is 24.3 Å². The Morgan fingerprint density at radius 2 is 2.10 bits per heavy atom. The molecule has 0 saturated carbocycles. The normalized spacial score (nSPS) is 10.2. The van der Waals surface area contributed by atoms with E-state index < -0.39 is 0 Å². The molecule has 0 aliphatic rings. The van der Waals surface area contributed by atoms with Crippen molar-refractivity contribution in [1.82, 2.24) is 9.55 Å². The standard InChI is InChI=1S/C14H15N3O2S/c15-13(20)10-11-2-4-12(5-3-11)19-9-8-17-7-1-6-16-14(17)18/h1-7H,8-10H2,(H2,15,20). The molecule has 2 N–H and O–H groups in total. The van der Waals surface area contributed by atoms with Gasteiger partial charge in [0.15, 0.2) is 0 Å². The monoisotopic (exact) mass is 289 g/mol. The maximum atomic E-state index is 11.4. The number of nitrogens with two attached hydrogens (primary N) is 1. The first-order valence-corrected chi connectivity index (χ1v) is 6.57. The number of thiocarbonyl (C=S) groups is 1. The Morgan fingerprint density at radius 1 is 1.35 bits per heavy atom. The molecule has 6 heteroatoms. The lowest BCUT2D eigenvalue weighted by Crippen LogP contribution is -2.24. The van der Waals surface area contributed by atoms with E-state index in [1.54, 1.807) is 12.3 Å². The molecule has 5 nitrogen and oxygen atoms in total. The highest BCUT2D eigenvalue weighted by molar-refractivity contribution is 7.80. The summed E-state index contributed by atoms with van der Waals surface area (Å²) in [5.74, 6) is 0.744. The van der Waals surface area contributed by atoms with E-state index in [4.69, 9.17) is 22.7 Å². The van der Waals surface area contributed by atoms with Crippen LogP contribution in [0.2, 0.25) is 0 Å². The summed E-state index contributed by atoms with van der Waals surface area (Å²) in [5.41, 5.74) is 6.26. The highest BCUT2D eigenvalue weighted by Crippen LogP contribution is 2.12. The van der Waals surface area contributed by atoms with Gasteiger partial charge in [-0.05, 0) is 23.8 Å². The summed E-state index contributed by atoms with van der Waals surface area (Å²) in [5, 5.41) is 0. The van der Waals surface area contributed by atoms with Crippen molar-refractivity contribution in [2.75, 3.05) is 6.61 Å². The number of hydrogen-bond acceptors (Lipinski definition) is 4. The summed E-state index contributed by atoms with van der Waals surface area (Å²) in [4.78, 5) is 15.5. The zero-order chi connectivity index (χ0) is 14.4. The molecule has 0 fully saturated rings. The molecule has 2 rings (SSSR count). The molecular formula is C14H15N3O2S. The molecular weight excluding hydrogens is 274 g/mol. The van der Waals surface area contributed by atoms with Crippen LogP contribution in [-0.2, 0) is 13.0 Å². The molecule has 0 aliphatic heterocycles. The fourth-order valence-electron chi connectivity index (χ4n) is 1.72. The van der Waals surface area contributed by atoms with Crippen molar-refractivity contribution in [2.24, 2.45) is 5.73 Å². The number of hydrogen-bond donors (Lipinski definition) is 1. The van der Waals surface area contributed by atoms with Gasteiger partial charge in [0.2, 0.25) is 0 Å². The molecule has 0 radical (unpaired) electrons. The summed E-state index contributed by atoms with van der Waals surface area (Å²) in [6.45, 7) is 0.863. The van der Waals surface area contributed by atoms with Crippen LogP contribution in [-0.4, -0.2) is 21.1 Å². The van der Waals surface area contributed by atoms with E-state index >= 15 is 0 Å². The van der Waals surface area contributed by atoms with Crippen molar-refractivity contribution in [2.45, 2.75) is 13.0 Å². The molecule has 0 aliphatic carbocycles. The summed E-state index contributed by atoms with van der Waals surface area (Å²) in [7, 11) is 0. The summed E-state index contributed by atoms with van der Waals surface area (Å²) >= 11 is 4.85. The number of benzene rings is 1. The predicted octanol–water partition coefficient (Wildman–Crippen LogP) is 1.15. The van der Waals surface area contributed by atoms with E-state index in [1.165, 1.54) is 10.8 Å². The Hall–Kier alpha value is -2.21. The Balaban J connectivity index is 1.87. The number of rotatable bonds is 6. The minimum atomic E-state index is -0.275. The van der Waals surface area contributed by atoms with Gasteiger partial charge in [-0.2, -0.15) is 0 Å². The smallest absolute Gasteiger partial charge is 0.347 e. The number of nitrogens with zero attached hydrogens (tertiary/aromatic N) is 2. The molecule has 1 aromatic heterocycles. The average Bonchev–Trinajstić information content (AvgIpc) is 2.42. The van der Waals surface area contributed by atoms with Crippen molar-refractivity contribution in [3.05, 3.63) is 58.8 Å². The lowest BCUT2D eigenvalue weighted by atomic mass is 10.1. The molecule has 1 heterocycles. The van der Waals surface area contributed by atoms with Crippen LogP contribution in [0.5, 0.6) is 5.75 Å². The van der Waals surface area contributed by atoms with E-state index in [0.717, 1.165) is 11.3 Å². The van der Waals surface area contributed by atoms with Crippen LogP contribution in [0.15, 0.2) is 47.5 Å². The zero-order valence-corrected chi connectivity index (χ0v) is 11.7. The first-order chi connectivity index (χ1) is 9.65. The van der Waals surface area contributed by atoms with Crippen LogP contribution in [0.3, 0.4) is 0 Å². The summed E-state index contributed by atoms with van der Waals surface area (Å²) in [6, 6.07) is 9.28. The van der Waals surface area contributed by atoms with Crippen molar-refractivity contribution in [3.8, 4) is 5.75 Å². The zero-order valence-electron chi connectivity index (χ0n) is 10.9. The SMILES string of the molecule is NC(=S)Cc1ccc(OCCn2cccnc2=O)cc1. The van der Waals surface area contributed by atoms with Crippen molar-refractivity contribution >= 4 is 17.2 Å². The molecule has 0 unspecified atom stereocenters. The van der Waals surface area contributed by atoms with Gasteiger partial charge in [-0.3, -0.25) is 4.57 Å². The Kier molecular flexibility index (Phi) is 4.84. The van der Waals surface area contributed by atoms with Crippen LogP contribution < -0.4 is 16.2 Å². The Labute approximate surface area is 122 Å². The maximum absolute atomic E-state index is 11.4. The minimum Gasteiger partial charge on any atom is -0.492 e. The molecule has 1 aromatic carbocycles. The van der Waals surface area contributed by atoms with Crippen molar-refractivity contribution in [3.63, 3.8) is 0 Å². The van der Waals surface area contributed by atoms with Crippen LogP contribution >= 0.6 is 12.2 Å². The largest absolute Gasteiger partial charge is 0.492 e. The second kappa shape index (κ2) is 6.81. The summed E-state index contributed by atoms with van der Waals surface area (Å²) in [6.07, 6.45) is 3.74. The number of ether oxygens (including phenoxy) is 1. The third-order valence-electron chi connectivity index (χ3n) is 2.69. The molecule has 0 atom stereocenters. The molecule has 0 bridgehead atoms. The quantitative estimate of drug-likeness (QED) is 0.808. The second-order valence-corrected chi connectivity index (χ2v) is 4.76. The van der Waals surface area contributed by atoms with E-state index in [9.17, 15) is 4.79 Å². The molecule has 2 aromatic rings. The molecule has 20 heavy (non-hydrogen) atoms. The summed E-state index contributed by atoms with van der Waals surface area (Å²) < 4.78 is 7.07. The van der Waals surface area contributed by atoms with Gasteiger partial charge >= 0.3 is 5.69 Å². The highest BCUT2D eigenvalue weighted by atomic mass is 32.1. The Morgan fingerprint density at radius 3 is 2.75 bits per heavy atom. The second-order valence-electron chi connectivity index (χ2n) is 4.23. The van der Waals surface area contributed by atoms with Gasteiger partial charge in [0.05, 0.1) is 11.5 Å². The average molecular weight is 289 g/mol. The molecule has 0 spiro atoms. The van der Waals surface area contributed by atoms with E-state index in [0.29, 0.717) is 24.6 Å². The topological polar surface area (TPSA) is 70.1 Å². The Bertz CT molecular complexity index is 637. The van der Waals surface area contributed by atoms with Gasteiger partial charge in [0, 0.05) is 18.8 Å². The maximum Gasteiger partial charge on any atom is 0.347 e. The number of aromatic nitrogens is 2. The van der Waals surface area contributed by atoms with Crippen LogP contribution in [0.1, 0.15) is 5.56 Å². The van der Waals surface area contributed by atoms with Crippen molar-refractivity contribution < 1.29 is 4.74 Å². The van der Waals surface area contributed by atoms with Gasteiger partial charge in [-0.25, -0.2) is 9.78 Å². The fourth-order valence-corrected chi connectivity index (χ4v) is 1.89. The molecule has 104 valence electrons. The van der Waals surface area contributed by atoms with Crippen LogP contribution in [0.25, 0.3) is 0 Å². The van der Waals surface area contributed by atoms with E-state index in [-0.39, 0.29) is 5.69 Å². The molecule has 0 amide bonds. The fraction of sp³-hybridized carbons (Fsp3) is 0.214. The third-order valence-corrected chi connectivity index (χ3v) is 2.83. The van der Waals surface area contributed by atoms with E-state index in [2.05, 4.69) is 4.98 Å². The van der Waals surface area contributed by atoms with Crippen LogP contribution in [0.4, 0.5) is 0 Å². The lowest BCUT2D eigenvalue weighted by Gasteiger charge is -2.08. The van der Waals surface area contributed by atoms with Gasteiger partial charge in [0.1, 0.15) is 12.4 Å². The van der Waals surface area contributed by atoms with Gasteiger partial charge in [-0.1, -0.05) is 24.4 Å². The van der Waals surface area contributed by atoms with Crippen LogP contribution in [0, 0.1) is 0 Å². The van der Waals surface area contributed by atoms with Gasteiger partial charge < -0.3 is 10.5 Å². The van der Waals surface area contributed by atoms with Crippen molar-refractivity contribution in [1.29, 1.82) is 0 Å². The third kappa shape index (κ3) is 4.17. The first-order valence-electron chi connectivity index (χ1n) is 6.16.